The minimum atomic E-state index is -0.654. The highest BCUT2D eigenvalue weighted by molar-refractivity contribution is 8.15. The average molecular weight is 264 g/mol. The summed E-state index contributed by atoms with van der Waals surface area (Å²) in [6, 6.07) is 7.79. The minimum absolute atomic E-state index is 0.248. The van der Waals surface area contributed by atoms with Crippen molar-refractivity contribution in [2.45, 2.75) is 31.1 Å². The summed E-state index contributed by atoms with van der Waals surface area (Å²) < 4.78 is 0. The normalized spacial score (nSPS) is 20.9. The highest BCUT2D eigenvalue weighted by Crippen LogP contribution is 2.29. The lowest BCUT2D eigenvalue weighted by atomic mass is 10.0. The summed E-state index contributed by atoms with van der Waals surface area (Å²) in [7, 11) is 0. The van der Waals surface area contributed by atoms with Crippen LogP contribution >= 0.6 is 11.8 Å². The van der Waals surface area contributed by atoms with Crippen LogP contribution in [0.1, 0.15) is 30.6 Å². The third kappa shape index (κ3) is 2.91. The Balaban J connectivity index is 1.99. The minimum Gasteiger partial charge on any atom is -0.388 e. The van der Waals surface area contributed by atoms with Crippen molar-refractivity contribution >= 4 is 22.8 Å². The number of aryl methyl sites for hydroxylation is 1. The van der Waals surface area contributed by atoms with Crippen LogP contribution in [-0.4, -0.2) is 21.4 Å². The van der Waals surface area contributed by atoms with Gasteiger partial charge >= 0.3 is 0 Å². The molecule has 0 saturated heterocycles. The smallest absolute Gasteiger partial charge is 0.261 e. The summed E-state index contributed by atoms with van der Waals surface area (Å²) in [5, 5.41) is 10.0. The van der Waals surface area contributed by atoms with E-state index >= 15 is 0 Å². The first-order valence-electron chi connectivity index (χ1n) is 5.91. The summed E-state index contributed by atoms with van der Waals surface area (Å²) in [5.41, 5.74) is 7.53. The Morgan fingerprint density at radius 2 is 2.11 bits per heavy atom. The van der Waals surface area contributed by atoms with Crippen LogP contribution < -0.4 is 5.73 Å². The maximum atomic E-state index is 11.5. The van der Waals surface area contributed by atoms with E-state index < -0.39 is 6.10 Å². The molecule has 3 N–H and O–H groups in total. The molecule has 0 aromatic heterocycles. The Bertz CT molecular complexity index is 470. The molecule has 1 aromatic rings. The zero-order chi connectivity index (χ0) is 13.1. The van der Waals surface area contributed by atoms with Crippen LogP contribution in [0.15, 0.2) is 29.3 Å². The number of nitrogens with two attached hydrogens (primary N) is 1. The van der Waals surface area contributed by atoms with Gasteiger partial charge in [-0.05, 0) is 24.0 Å². The second-order valence-corrected chi connectivity index (χ2v) is 5.46. The zero-order valence-corrected chi connectivity index (χ0v) is 11.0. The number of hydrogen-bond donors (Lipinski definition) is 2. The predicted molar refractivity (Wildman–Crippen MR) is 73.4 cm³/mol. The molecule has 0 bridgehead atoms. The summed E-state index contributed by atoms with van der Waals surface area (Å²) in [5.74, 6) is -0.248. The van der Waals surface area contributed by atoms with Crippen LogP contribution in [0.2, 0.25) is 0 Å². The molecule has 1 amide bonds. The van der Waals surface area contributed by atoms with Gasteiger partial charge in [-0.15, -0.1) is 0 Å². The molecule has 0 radical (unpaired) electrons. The number of hydrogen-bond acceptors (Lipinski definition) is 4. The first kappa shape index (κ1) is 13.1. The lowest BCUT2D eigenvalue weighted by molar-refractivity contribution is -0.117. The van der Waals surface area contributed by atoms with Crippen molar-refractivity contribution in [2.24, 2.45) is 10.7 Å². The summed E-state index contributed by atoms with van der Waals surface area (Å²) in [6.45, 7) is 2.08. The third-order valence-corrected chi connectivity index (χ3v) is 3.98. The summed E-state index contributed by atoms with van der Waals surface area (Å²) >= 11 is 1.22. The quantitative estimate of drug-likeness (QED) is 0.866. The molecule has 2 unspecified atom stereocenters. The lowest BCUT2D eigenvalue weighted by Crippen LogP contribution is -2.15. The fourth-order valence-electron chi connectivity index (χ4n) is 1.87. The number of carbonyl (C=O) groups excluding carboxylic acids is 1. The Morgan fingerprint density at radius 3 is 2.61 bits per heavy atom. The molecule has 96 valence electrons. The van der Waals surface area contributed by atoms with Crippen molar-refractivity contribution in [1.29, 1.82) is 0 Å². The van der Waals surface area contributed by atoms with E-state index in [0.717, 1.165) is 12.0 Å². The van der Waals surface area contributed by atoms with Crippen molar-refractivity contribution in [3.8, 4) is 0 Å². The molecule has 0 spiro atoms. The Labute approximate surface area is 110 Å². The molecule has 4 nitrogen and oxygen atoms in total. The van der Waals surface area contributed by atoms with Crippen LogP contribution in [0.5, 0.6) is 0 Å². The van der Waals surface area contributed by atoms with Crippen LogP contribution in [0.25, 0.3) is 0 Å². The maximum absolute atomic E-state index is 11.5. The van der Waals surface area contributed by atoms with Gasteiger partial charge in [0.25, 0.3) is 5.91 Å². The number of carbonyl (C=O) groups is 1. The van der Waals surface area contributed by atoms with Crippen molar-refractivity contribution in [2.75, 3.05) is 0 Å². The van der Waals surface area contributed by atoms with E-state index in [1.165, 1.54) is 17.3 Å². The molecule has 2 rings (SSSR count). The molecule has 1 aliphatic rings. The molecule has 1 aliphatic heterocycles. The number of amides is 1. The standard InChI is InChI=1S/C13H16N2O2S/c1-2-8-3-5-9(6-4-8)10(16)7-11-12(17)15-13(14)18-11/h3-6,10-11,16H,2,7H2,1H3,(H2,14,15,17). The van der Waals surface area contributed by atoms with E-state index in [2.05, 4.69) is 11.9 Å². The molecular formula is C13H16N2O2S. The fraction of sp³-hybridized carbons (Fsp3) is 0.385. The van der Waals surface area contributed by atoms with Crippen molar-refractivity contribution in [1.82, 2.24) is 0 Å². The van der Waals surface area contributed by atoms with Gasteiger partial charge in [0, 0.05) is 0 Å². The van der Waals surface area contributed by atoms with Crippen LogP contribution in [0.3, 0.4) is 0 Å². The van der Waals surface area contributed by atoms with E-state index in [0.29, 0.717) is 11.6 Å². The molecule has 1 aromatic carbocycles. The van der Waals surface area contributed by atoms with Crippen molar-refractivity contribution < 1.29 is 9.90 Å². The molecule has 5 heteroatoms. The molecule has 0 fully saturated rings. The molecule has 18 heavy (non-hydrogen) atoms. The molecule has 0 saturated carbocycles. The van der Waals surface area contributed by atoms with E-state index in [1.807, 2.05) is 24.3 Å². The SMILES string of the molecule is CCc1ccc(C(O)CC2SC(N)=NC2=O)cc1. The van der Waals surface area contributed by atoms with Gasteiger partial charge in [0.15, 0.2) is 5.17 Å². The van der Waals surface area contributed by atoms with E-state index in [-0.39, 0.29) is 11.2 Å². The summed E-state index contributed by atoms with van der Waals surface area (Å²) in [4.78, 5) is 15.1. The highest BCUT2D eigenvalue weighted by atomic mass is 32.2. The summed E-state index contributed by atoms with van der Waals surface area (Å²) in [6.07, 6.45) is 0.662. The monoisotopic (exact) mass is 264 g/mol. The van der Waals surface area contributed by atoms with Gasteiger partial charge in [-0.3, -0.25) is 4.79 Å². The van der Waals surface area contributed by atoms with E-state index in [1.54, 1.807) is 0 Å². The molecule has 2 atom stereocenters. The molecule has 0 aliphatic carbocycles. The van der Waals surface area contributed by atoms with Crippen molar-refractivity contribution in [3.05, 3.63) is 35.4 Å². The van der Waals surface area contributed by atoms with Gasteiger partial charge in [0.05, 0.1) is 11.4 Å². The fourth-order valence-corrected chi connectivity index (χ4v) is 2.73. The first-order chi connectivity index (χ1) is 8.60. The number of aliphatic hydroxyl groups excluding tert-OH is 1. The Kier molecular flexibility index (Phi) is 4.04. The Morgan fingerprint density at radius 1 is 1.44 bits per heavy atom. The maximum Gasteiger partial charge on any atom is 0.261 e. The zero-order valence-electron chi connectivity index (χ0n) is 10.2. The van der Waals surface area contributed by atoms with Gasteiger partial charge in [-0.25, -0.2) is 0 Å². The number of benzene rings is 1. The largest absolute Gasteiger partial charge is 0.388 e. The average Bonchev–Trinajstić information content (AvgIpc) is 2.68. The predicted octanol–water partition coefficient (Wildman–Crippen LogP) is 1.63. The van der Waals surface area contributed by atoms with Gasteiger partial charge in [0.1, 0.15) is 0 Å². The van der Waals surface area contributed by atoms with Crippen LogP contribution in [0.4, 0.5) is 0 Å². The number of thioether (sulfide) groups is 1. The first-order valence-corrected chi connectivity index (χ1v) is 6.79. The lowest BCUT2D eigenvalue weighted by Gasteiger charge is -2.14. The van der Waals surface area contributed by atoms with Crippen LogP contribution in [0, 0.1) is 0 Å². The van der Waals surface area contributed by atoms with Gasteiger partial charge in [-0.2, -0.15) is 4.99 Å². The van der Waals surface area contributed by atoms with Gasteiger partial charge < -0.3 is 10.8 Å². The molecule has 1 heterocycles. The topological polar surface area (TPSA) is 75.7 Å². The Hall–Kier alpha value is -1.33. The second-order valence-electron chi connectivity index (χ2n) is 4.24. The number of aliphatic imine (C=N–C) groups is 1. The number of aliphatic hydroxyl groups is 1. The third-order valence-electron chi connectivity index (χ3n) is 2.97. The second kappa shape index (κ2) is 5.54. The van der Waals surface area contributed by atoms with Crippen LogP contribution in [-0.2, 0) is 11.2 Å². The molecular weight excluding hydrogens is 248 g/mol. The number of rotatable bonds is 4. The van der Waals surface area contributed by atoms with Crippen molar-refractivity contribution in [3.63, 3.8) is 0 Å². The highest BCUT2D eigenvalue weighted by Gasteiger charge is 2.29. The number of amidine groups is 1. The van der Waals surface area contributed by atoms with Gasteiger partial charge in [0.2, 0.25) is 0 Å². The number of nitrogens with zero attached hydrogens (tertiary/aromatic N) is 1. The van der Waals surface area contributed by atoms with Gasteiger partial charge in [-0.1, -0.05) is 43.0 Å². The van der Waals surface area contributed by atoms with E-state index in [4.69, 9.17) is 5.73 Å². The van der Waals surface area contributed by atoms with E-state index in [9.17, 15) is 9.90 Å².